The minimum Gasteiger partial charge on any atom is -0.396 e. The Bertz CT molecular complexity index is 418. The van der Waals surface area contributed by atoms with Crippen molar-refractivity contribution in [3.8, 4) is 0 Å². The molecule has 2 rings (SSSR count). The number of nitrogens with one attached hydrogen (secondary N) is 2. The molecule has 5 nitrogen and oxygen atoms in total. The van der Waals surface area contributed by atoms with E-state index < -0.39 is 0 Å². The summed E-state index contributed by atoms with van der Waals surface area (Å²) in [6.45, 7) is 3.29. The molecule has 1 aliphatic rings. The fourth-order valence-corrected chi connectivity index (χ4v) is 2.26. The van der Waals surface area contributed by atoms with Crippen LogP contribution in [0.25, 0.3) is 0 Å². The van der Waals surface area contributed by atoms with Crippen LogP contribution in [0.3, 0.4) is 0 Å². The second kappa shape index (κ2) is 6.19. The first kappa shape index (κ1) is 14.1. The average molecular weight is 264 g/mol. The van der Waals surface area contributed by atoms with Crippen molar-refractivity contribution in [2.24, 2.45) is 5.41 Å². The SMILES string of the molecule is CCCc1nc(NC)cc(NCC2(CCO)CC2)n1. The van der Waals surface area contributed by atoms with E-state index in [1.807, 2.05) is 13.1 Å². The molecule has 0 aliphatic heterocycles. The molecule has 1 aromatic rings. The van der Waals surface area contributed by atoms with Crippen LogP contribution in [0.15, 0.2) is 6.07 Å². The van der Waals surface area contributed by atoms with E-state index in [-0.39, 0.29) is 6.61 Å². The van der Waals surface area contributed by atoms with Crippen LogP contribution in [0.4, 0.5) is 11.6 Å². The first-order valence-electron chi connectivity index (χ1n) is 7.12. The molecule has 0 bridgehead atoms. The summed E-state index contributed by atoms with van der Waals surface area (Å²) in [7, 11) is 1.87. The zero-order valence-electron chi connectivity index (χ0n) is 11.9. The molecular weight excluding hydrogens is 240 g/mol. The van der Waals surface area contributed by atoms with E-state index in [0.717, 1.165) is 43.3 Å². The molecule has 19 heavy (non-hydrogen) atoms. The summed E-state index contributed by atoms with van der Waals surface area (Å²) >= 11 is 0. The quantitative estimate of drug-likeness (QED) is 0.670. The van der Waals surface area contributed by atoms with Crippen LogP contribution in [0.5, 0.6) is 0 Å². The third kappa shape index (κ3) is 3.80. The normalized spacial score (nSPS) is 16.2. The van der Waals surface area contributed by atoms with E-state index in [2.05, 4.69) is 27.5 Å². The lowest BCUT2D eigenvalue weighted by Crippen LogP contribution is -2.18. The van der Waals surface area contributed by atoms with E-state index in [0.29, 0.717) is 5.41 Å². The highest BCUT2D eigenvalue weighted by Gasteiger charge is 2.41. The summed E-state index contributed by atoms with van der Waals surface area (Å²) in [5, 5.41) is 15.5. The largest absolute Gasteiger partial charge is 0.396 e. The first-order chi connectivity index (χ1) is 9.21. The van der Waals surface area contributed by atoms with Crippen LogP contribution in [0, 0.1) is 5.41 Å². The van der Waals surface area contributed by atoms with Crippen molar-refractivity contribution in [2.75, 3.05) is 30.8 Å². The molecule has 5 heteroatoms. The van der Waals surface area contributed by atoms with Crippen LogP contribution in [0.1, 0.15) is 38.4 Å². The fraction of sp³-hybridized carbons (Fsp3) is 0.714. The van der Waals surface area contributed by atoms with Crippen LogP contribution in [-0.4, -0.2) is 35.3 Å². The Balaban J connectivity index is 2.00. The number of hydrogen-bond acceptors (Lipinski definition) is 5. The molecule has 0 unspecified atom stereocenters. The Hall–Kier alpha value is -1.36. The average Bonchev–Trinajstić information content (AvgIpc) is 3.17. The molecule has 0 amide bonds. The highest BCUT2D eigenvalue weighted by atomic mass is 16.3. The molecule has 1 aromatic heterocycles. The van der Waals surface area contributed by atoms with Crippen molar-refractivity contribution in [3.05, 3.63) is 11.9 Å². The Kier molecular flexibility index (Phi) is 4.58. The topological polar surface area (TPSA) is 70.1 Å². The van der Waals surface area contributed by atoms with Gasteiger partial charge in [0.2, 0.25) is 0 Å². The fourth-order valence-electron chi connectivity index (χ4n) is 2.26. The maximum Gasteiger partial charge on any atom is 0.133 e. The minimum atomic E-state index is 0.272. The maximum atomic E-state index is 9.07. The van der Waals surface area contributed by atoms with Gasteiger partial charge >= 0.3 is 0 Å². The zero-order valence-corrected chi connectivity index (χ0v) is 11.9. The molecule has 1 saturated carbocycles. The lowest BCUT2D eigenvalue weighted by molar-refractivity contribution is 0.253. The van der Waals surface area contributed by atoms with Crippen molar-refractivity contribution >= 4 is 11.6 Å². The molecule has 1 fully saturated rings. The standard InChI is InChI=1S/C14H24N4O/c1-3-4-11-17-12(15-2)9-13(18-11)16-10-14(5-6-14)7-8-19/h9,19H,3-8,10H2,1-2H3,(H2,15,16,17,18). The molecule has 1 aliphatic carbocycles. The van der Waals surface area contributed by atoms with Crippen molar-refractivity contribution in [1.29, 1.82) is 0 Å². The van der Waals surface area contributed by atoms with Gasteiger partial charge < -0.3 is 15.7 Å². The molecule has 1 heterocycles. The molecule has 0 aromatic carbocycles. The number of rotatable bonds is 8. The van der Waals surface area contributed by atoms with E-state index in [1.165, 1.54) is 12.8 Å². The van der Waals surface area contributed by atoms with E-state index in [1.54, 1.807) is 0 Å². The highest BCUT2D eigenvalue weighted by Crippen LogP contribution is 2.48. The van der Waals surface area contributed by atoms with Gasteiger partial charge in [-0.1, -0.05) is 6.92 Å². The summed E-state index contributed by atoms with van der Waals surface area (Å²) < 4.78 is 0. The predicted octanol–water partition coefficient (Wildman–Crippen LogP) is 2.05. The summed E-state index contributed by atoms with van der Waals surface area (Å²) in [5.74, 6) is 2.61. The second-order valence-electron chi connectivity index (χ2n) is 5.38. The van der Waals surface area contributed by atoms with Crippen LogP contribution in [0.2, 0.25) is 0 Å². The Morgan fingerprint density at radius 1 is 1.32 bits per heavy atom. The van der Waals surface area contributed by atoms with E-state index in [4.69, 9.17) is 5.11 Å². The van der Waals surface area contributed by atoms with Gasteiger partial charge in [0.25, 0.3) is 0 Å². The number of anilines is 2. The third-order valence-corrected chi connectivity index (χ3v) is 3.75. The van der Waals surface area contributed by atoms with Gasteiger partial charge in [-0.05, 0) is 31.1 Å². The summed E-state index contributed by atoms with van der Waals surface area (Å²) in [6, 6.07) is 1.94. The summed E-state index contributed by atoms with van der Waals surface area (Å²) in [4.78, 5) is 8.97. The maximum absolute atomic E-state index is 9.07. The van der Waals surface area contributed by atoms with Gasteiger partial charge in [-0.3, -0.25) is 0 Å². The van der Waals surface area contributed by atoms with Crippen molar-refractivity contribution in [1.82, 2.24) is 9.97 Å². The molecule has 0 atom stereocenters. The second-order valence-corrected chi connectivity index (χ2v) is 5.38. The number of aryl methyl sites for hydroxylation is 1. The highest BCUT2D eigenvalue weighted by molar-refractivity contribution is 5.47. The van der Waals surface area contributed by atoms with E-state index in [9.17, 15) is 0 Å². The minimum absolute atomic E-state index is 0.272. The monoisotopic (exact) mass is 264 g/mol. The van der Waals surface area contributed by atoms with Gasteiger partial charge in [0.05, 0.1) is 0 Å². The third-order valence-electron chi connectivity index (χ3n) is 3.75. The molecule has 0 spiro atoms. The van der Waals surface area contributed by atoms with Crippen molar-refractivity contribution in [3.63, 3.8) is 0 Å². The Labute approximate surface area is 114 Å². The lowest BCUT2D eigenvalue weighted by atomic mass is 10.0. The number of aliphatic hydroxyl groups is 1. The molecular formula is C14H24N4O. The number of hydrogen-bond donors (Lipinski definition) is 3. The van der Waals surface area contributed by atoms with Gasteiger partial charge in [-0.25, -0.2) is 9.97 Å². The van der Waals surface area contributed by atoms with Crippen LogP contribution < -0.4 is 10.6 Å². The van der Waals surface area contributed by atoms with Gasteiger partial charge in [-0.15, -0.1) is 0 Å². The van der Waals surface area contributed by atoms with Gasteiger partial charge in [0, 0.05) is 32.7 Å². The lowest BCUT2D eigenvalue weighted by Gasteiger charge is -2.16. The number of aliphatic hydroxyl groups excluding tert-OH is 1. The smallest absolute Gasteiger partial charge is 0.133 e. The number of aromatic nitrogens is 2. The van der Waals surface area contributed by atoms with Gasteiger partial charge in [-0.2, -0.15) is 0 Å². The Morgan fingerprint density at radius 3 is 2.63 bits per heavy atom. The summed E-state index contributed by atoms with van der Waals surface area (Å²) in [6.07, 6.45) is 5.22. The molecule has 3 N–H and O–H groups in total. The van der Waals surface area contributed by atoms with Crippen molar-refractivity contribution < 1.29 is 5.11 Å². The molecule has 0 radical (unpaired) electrons. The van der Waals surface area contributed by atoms with Crippen molar-refractivity contribution in [2.45, 2.75) is 39.0 Å². The van der Waals surface area contributed by atoms with E-state index >= 15 is 0 Å². The zero-order chi connectivity index (χ0) is 13.7. The van der Waals surface area contributed by atoms with Crippen LogP contribution in [-0.2, 0) is 6.42 Å². The first-order valence-corrected chi connectivity index (χ1v) is 7.12. The number of nitrogens with zero attached hydrogens (tertiary/aromatic N) is 2. The van der Waals surface area contributed by atoms with Gasteiger partial charge in [0.1, 0.15) is 17.5 Å². The molecule has 0 saturated heterocycles. The molecule has 106 valence electrons. The predicted molar refractivity (Wildman–Crippen MR) is 77.4 cm³/mol. The van der Waals surface area contributed by atoms with Gasteiger partial charge in [0.15, 0.2) is 0 Å². The Morgan fingerprint density at radius 2 is 2.05 bits per heavy atom. The van der Waals surface area contributed by atoms with Crippen LogP contribution >= 0.6 is 0 Å². The summed E-state index contributed by atoms with van der Waals surface area (Å²) in [5.41, 5.74) is 0.296.